The summed E-state index contributed by atoms with van der Waals surface area (Å²) in [6, 6.07) is 67.9. The largest absolute Gasteiger partial charge is 0.310 e. The smallest absolute Gasteiger partial charge is 0.160 e. The van der Waals surface area contributed by atoms with Crippen molar-refractivity contribution in [2.75, 3.05) is 4.90 Å². The van der Waals surface area contributed by atoms with Gasteiger partial charge in [-0.15, -0.1) is 0 Å². The molecule has 236 valence electrons. The highest BCUT2D eigenvalue weighted by atomic mass is 15.1. The van der Waals surface area contributed by atoms with Crippen LogP contribution >= 0.6 is 0 Å². The summed E-state index contributed by atoms with van der Waals surface area (Å²) in [5, 5.41) is 2.46. The van der Waals surface area contributed by atoms with Gasteiger partial charge in [-0.2, -0.15) is 0 Å². The standard InChI is InChI=1S/C46H32N4/c1-5-17-33(18-6-1)41-32-42(48-46(47-41)34-19-7-2-8-20-34)40-30-29-37(50-43-27-15-13-25-38(43)39-26-14-16-28-44(39)50)31-45(40)49(35-21-9-3-10-22-35)36-23-11-4-12-24-36/h1-32H. The molecule has 0 saturated carbocycles. The minimum Gasteiger partial charge on any atom is -0.310 e. The van der Waals surface area contributed by atoms with Crippen molar-refractivity contribution < 1.29 is 0 Å². The van der Waals surface area contributed by atoms with Crippen LogP contribution in [0.15, 0.2) is 194 Å². The van der Waals surface area contributed by atoms with Crippen molar-refractivity contribution in [3.05, 3.63) is 194 Å². The van der Waals surface area contributed by atoms with Gasteiger partial charge in [-0.3, -0.25) is 0 Å². The zero-order valence-corrected chi connectivity index (χ0v) is 27.3. The summed E-state index contributed by atoms with van der Waals surface area (Å²) in [7, 11) is 0. The van der Waals surface area contributed by atoms with Gasteiger partial charge in [-0.25, -0.2) is 9.97 Å². The van der Waals surface area contributed by atoms with Crippen LogP contribution in [0, 0.1) is 0 Å². The predicted octanol–water partition coefficient (Wildman–Crippen LogP) is 12.0. The molecular weight excluding hydrogens is 609 g/mol. The fourth-order valence-corrected chi connectivity index (χ4v) is 6.90. The summed E-state index contributed by atoms with van der Waals surface area (Å²) in [4.78, 5) is 12.7. The number of hydrogen-bond donors (Lipinski definition) is 0. The van der Waals surface area contributed by atoms with E-state index >= 15 is 0 Å². The first-order valence-corrected chi connectivity index (χ1v) is 16.8. The van der Waals surface area contributed by atoms with E-state index in [1.54, 1.807) is 0 Å². The summed E-state index contributed by atoms with van der Waals surface area (Å²) in [6.45, 7) is 0. The van der Waals surface area contributed by atoms with Gasteiger partial charge in [0.1, 0.15) is 0 Å². The molecule has 50 heavy (non-hydrogen) atoms. The van der Waals surface area contributed by atoms with E-state index in [1.807, 2.05) is 24.3 Å². The van der Waals surface area contributed by atoms with Gasteiger partial charge in [0.15, 0.2) is 5.82 Å². The highest BCUT2D eigenvalue weighted by Crippen LogP contribution is 2.43. The lowest BCUT2D eigenvalue weighted by atomic mass is 10.0. The number of fused-ring (bicyclic) bond motifs is 3. The summed E-state index contributed by atoms with van der Waals surface area (Å²) in [6.07, 6.45) is 0. The molecule has 0 bridgehead atoms. The van der Waals surface area contributed by atoms with E-state index in [0.717, 1.165) is 61.9 Å². The molecule has 0 fully saturated rings. The maximum absolute atomic E-state index is 5.28. The Morgan fingerprint density at radius 2 is 0.880 bits per heavy atom. The quantitative estimate of drug-likeness (QED) is 0.174. The molecule has 0 unspecified atom stereocenters. The minimum absolute atomic E-state index is 0.686. The van der Waals surface area contributed by atoms with Gasteiger partial charge < -0.3 is 9.47 Å². The first-order chi connectivity index (χ1) is 24.8. The van der Waals surface area contributed by atoms with Crippen LogP contribution in [0.1, 0.15) is 0 Å². The Kier molecular flexibility index (Phi) is 7.45. The number of anilines is 3. The second kappa shape index (κ2) is 12.7. The summed E-state index contributed by atoms with van der Waals surface area (Å²) in [5.74, 6) is 0.686. The molecule has 2 heterocycles. The molecule has 4 heteroatoms. The number of benzene rings is 7. The third-order valence-corrected chi connectivity index (χ3v) is 9.19. The Hall–Kier alpha value is -6.78. The SMILES string of the molecule is c1ccc(-c2cc(-c3ccc(-n4c5ccccc5c5ccccc54)cc3N(c3ccccc3)c3ccccc3)nc(-c3ccccc3)n2)cc1. The van der Waals surface area contributed by atoms with E-state index in [4.69, 9.17) is 9.97 Å². The van der Waals surface area contributed by atoms with Crippen LogP contribution in [-0.4, -0.2) is 14.5 Å². The molecule has 7 aromatic carbocycles. The molecule has 0 spiro atoms. The van der Waals surface area contributed by atoms with E-state index in [1.165, 1.54) is 10.8 Å². The van der Waals surface area contributed by atoms with Crippen LogP contribution in [0.2, 0.25) is 0 Å². The average molecular weight is 641 g/mol. The highest BCUT2D eigenvalue weighted by molar-refractivity contribution is 6.09. The summed E-state index contributed by atoms with van der Waals surface area (Å²) in [5.41, 5.74) is 11.3. The Balaban J connectivity index is 1.35. The Bertz CT molecular complexity index is 2430. The third kappa shape index (κ3) is 5.29. The maximum Gasteiger partial charge on any atom is 0.160 e. The van der Waals surface area contributed by atoms with Crippen LogP contribution in [-0.2, 0) is 0 Å². The molecule has 0 amide bonds. The van der Waals surface area contributed by atoms with Crippen molar-refractivity contribution in [1.29, 1.82) is 0 Å². The zero-order chi connectivity index (χ0) is 33.3. The number of nitrogens with zero attached hydrogens (tertiary/aromatic N) is 4. The fraction of sp³-hybridized carbons (Fsp3) is 0. The van der Waals surface area contributed by atoms with Crippen molar-refractivity contribution in [3.8, 4) is 39.6 Å². The lowest BCUT2D eigenvalue weighted by molar-refractivity contribution is 1.16. The predicted molar refractivity (Wildman–Crippen MR) is 207 cm³/mol. The van der Waals surface area contributed by atoms with Crippen LogP contribution in [0.3, 0.4) is 0 Å². The van der Waals surface area contributed by atoms with E-state index in [0.29, 0.717) is 5.82 Å². The molecule has 2 aromatic heterocycles. The first-order valence-electron chi connectivity index (χ1n) is 16.8. The van der Waals surface area contributed by atoms with Crippen molar-refractivity contribution in [1.82, 2.24) is 14.5 Å². The van der Waals surface area contributed by atoms with Crippen molar-refractivity contribution in [3.63, 3.8) is 0 Å². The van der Waals surface area contributed by atoms with Gasteiger partial charge in [0.05, 0.1) is 28.1 Å². The lowest BCUT2D eigenvalue weighted by Crippen LogP contribution is -2.12. The third-order valence-electron chi connectivity index (χ3n) is 9.19. The summed E-state index contributed by atoms with van der Waals surface area (Å²) < 4.78 is 2.37. The molecule has 0 aliphatic rings. The second-order valence-electron chi connectivity index (χ2n) is 12.3. The van der Waals surface area contributed by atoms with E-state index in [-0.39, 0.29) is 0 Å². The highest BCUT2D eigenvalue weighted by Gasteiger charge is 2.22. The Morgan fingerprint density at radius 3 is 1.46 bits per heavy atom. The van der Waals surface area contributed by atoms with Gasteiger partial charge in [0, 0.05) is 44.5 Å². The molecule has 0 N–H and O–H groups in total. The normalized spacial score (nSPS) is 11.2. The van der Waals surface area contributed by atoms with Crippen LogP contribution < -0.4 is 4.90 Å². The van der Waals surface area contributed by atoms with Crippen LogP contribution in [0.25, 0.3) is 61.4 Å². The van der Waals surface area contributed by atoms with Crippen LogP contribution in [0.5, 0.6) is 0 Å². The lowest BCUT2D eigenvalue weighted by Gasteiger charge is -2.28. The fourth-order valence-electron chi connectivity index (χ4n) is 6.90. The van der Waals surface area contributed by atoms with Crippen molar-refractivity contribution >= 4 is 38.9 Å². The monoisotopic (exact) mass is 640 g/mol. The van der Waals surface area contributed by atoms with E-state index < -0.39 is 0 Å². The molecule has 0 aliphatic heterocycles. The Morgan fingerprint density at radius 1 is 0.400 bits per heavy atom. The molecule has 4 nitrogen and oxygen atoms in total. The van der Waals surface area contributed by atoms with Gasteiger partial charge in [-0.1, -0.05) is 133 Å². The molecule has 9 rings (SSSR count). The average Bonchev–Trinajstić information content (AvgIpc) is 3.54. The molecule has 0 aliphatic carbocycles. The molecule has 0 radical (unpaired) electrons. The molecular formula is C46H32N4. The number of hydrogen-bond acceptors (Lipinski definition) is 3. The summed E-state index contributed by atoms with van der Waals surface area (Å²) >= 11 is 0. The first kappa shape index (κ1) is 29.4. The van der Waals surface area contributed by atoms with E-state index in [9.17, 15) is 0 Å². The molecule has 9 aromatic rings. The van der Waals surface area contributed by atoms with Gasteiger partial charge in [0.2, 0.25) is 0 Å². The minimum atomic E-state index is 0.686. The maximum atomic E-state index is 5.28. The van der Waals surface area contributed by atoms with Crippen molar-refractivity contribution in [2.24, 2.45) is 0 Å². The molecule has 0 atom stereocenters. The van der Waals surface area contributed by atoms with Gasteiger partial charge >= 0.3 is 0 Å². The second-order valence-corrected chi connectivity index (χ2v) is 12.3. The van der Waals surface area contributed by atoms with Gasteiger partial charge in [0.25, 0.3) is 0 Å². The number of rotatable bonds is 7. The zero-order valence-electron chi connectivity index (χ0n) is 27.3. The van der Waals surface area contributed by atoms with Crippen molar-refractivity contribution in [2.45, 2.75) is 0 Å². The molecule has 0 saturated heterocycles. The number of aromatic nitrogens is 3. The van der Waals surface area contributed by atoms with Gasteiger partial charge in [-0.05, 0) is 60.7 Å². The number of para-hydroxylation sites is 4. The van der Waals surface area contributed by atoms with E-state index in [2.05, 4.69) is 179 Å². The Labute approximate surface area is 291 Å². The topological polar surface area (TPSA) is 34.0 Å². The van der Waals surface area contributed by atoms with Crippen LogP contribution in [0.4, 0.5) is 17.1 Å².